The van der Waals surface area contributed by atoms with Crippen molar-refractivity contribution in [3.05, 3.63) is 35.9 Å². The topological polar surface area (TPSA) is 36.9 Å². The fourth-order valence-electron chi connectivity index (χ4n) is 3.83. The van der Waals surface area contributed by atoms with E-state index in [0.717, 1.165) is 45.2 Å². The first kappa shape index (κ1) is 17.3. The van der Waals surface area contributed by atoms with Gasteiger partial charge in [0.15, 0.2) is 5.96 Å². The third-order valence-corrected chi connectivity index (χ3v) is 5.48. The van der Waals surface area contributed by atoms with Crippen molar-refractivity contribution in [1.82, 2.24) is 10.2 Å². The first-order valence-electron chi connectivity index (χ1n) is 9.36. The number of benzene rings is 1. The Morgan fingerprint density at radius 1 is 1.33 bits per heavy atom. The molecular formula is C20H31N3O. The zero-order valence-electron chi connectivity index (χ0n) is 15.1. The highest BCUT2D eigenvalue weighted by Crippen LogP contribution is 2.43. The number of guanidine groups is 1. The van der Waals surface area contributed by atoms with Gasteiger partial charge in [0.2, 0.25) is 0 Å². The monoisotopic (exact) mass is 329 g/mol. The van der Waals surface area contributed by atoms with Gasteiger partial charge in [-0.15, -0.1) is 0 Å². The average molecular weight is 329 g/mol. The van der Waals surface area contributed by atoms with Gasteiger partial charge in [-0.2, -0.15) is 0 Å². The standard InChI is InChI=1S/C20H31N3O/c1-3-21-19(23(2)14-17-10-13-24-15-17)22-16-20(11-7-12-20)18-8-5-4-6-9-18/h4-6,8-9,17H,3,7,10-16H2,1-2H3,(H,21,22). The summed E-state index contributed by atoms with van der Waals surface area (Å²) in [5.74, 6) is 1.66. The highest BCUT2D eigenvalue weighted by Gasteiger charge is 2.38. The third kappa shape index (κ3) is 3.92. The van der Waals surface area contributed by atoms with E-state index in [2.05, 4.69) is 54.5 Å². The van der Waals surface area contributed by atoms with E-state index in [1.54, 1.807) is 0 Å². The van der Waals surface area contributed by atoms with Crippen LogP contribution in [0, 0.1) is 5.92 Å². The highest BCUT2D eigenvalue weighted by atomic mass is 16.5. The number of rotatable bonds is 6. The molecule has 1 saturated heterocycles. The molecule has 2 fully saturated rings. The predicted octanol–water partition coefficient (Wildman–Crippen LogP) is 3.04. The van der Waals surface area contributed by atoms with Crippen molar-refractivity contribution in [3.8, 4) is 0 Å². The second kappa shape index (κ2) is 8.02. The van der Waals surface area contributed by atoms with Crippen LogP contribution >= 0.6 is 0 Å². The quantitative estimate of drug-likeness (QED) is 0.644. The Balaban J connectivity index is 1.68. The van der Waals surface area contributed by atoms with E-state index in [-0.39, 0.29) is 5.41 Å². The number of aliphatic imine (C=N–C) groups is 1. The summed E-state index contributed by atoms with van der Waals surface area (Å²) in [5.41, 5.74) is 1.70. The summed E-state index contributed by atoms with van der Waals surface area (Å²) >= 11 is 0. The molecular weight excluding hydrogens is 298 g/mol. The molecule has 132 valence electrons. The zero-order valence-corrected chi connectivity index (χ0v) is 15.1. The maximum atomic E-state index is 5.51. The van der Waals surface area contributed by atoms with Gasteiger partial charge in [-0.25, -0.2) is 0 Å². The van der Waals surface area contributed by atoms with Crippen molar-refractivity contribution in [2.75, 3.05) is 39.9 Å². The second-order valence-corrected chi connectivity index (χ2v) is 7.28. The lowest BCUT2D eigenvalue weighted by atomic mass is 9.64. The minimum absolute atomic E-state index is 0.249. The molecule has 1 saturated carbocycles. The van der Waals surface area contributed by atoms with E-state index in [0.29, 0.717) is 5.92 Å². The number of nitrogens with zero attached hydrogens (tertiary/aromatic N) is 2. The van der Waals surface area contributed by atoms with Crippen molar-refractivity contribution in [1.29, 1.82) is 0 Å². The van der Waals surface area contributed by atoms with Crippen LogP contribution in [0.15, 0.2) is 35.3 Å². The summed E-state index contributed by atoms with van der Waals surface area (Å²) in [6, 6.07) is 10.9. The van der Waals surface area contributed by atoms with Gasteiger partial charge >= 0.3 is 0 Å². The molecule has 1 heterocycles. The zero-order chi connectivity index (χ0) is 16.8. The molecule has 4 heteroatoms. The summed E-state index contributed by atoms with van der Waals surface area (Å²) in [4.78, 5) is 7.29. The van der Waals surface area contributed by atoms with Crippen molar-refractivity contribution in [3.63, 3.8) is 0 Å². The lowest BCUT2D eigenvalue weighted by Gasteiger charge is -2.41. The van der Waals surface area contributed by atoms with Gasteiger partial charge in [0.05, 0.1) is 13.2 Å². The van der Waals surface area contributed by atoms with Crippen LogP contribution in [-0.4, -0.2) is 50.8 Å². The molecule has 1 aromatic rings. The van der Waals surface area contributed by atoms with Crippen LogP contribution in [0.5, 0.6) is 0 Å². The Labute approximate surface area is 146 Å². The third-order valence-electron chi connectivity index (χ3n) is 5.48. The molecule has 4 nitrogen and oxygen atoms in total. The van der Waals surface area contributed by atoms with Crippen LogP contribution < -0.4 is 5.32 Å². The molecule has 1 N–H and O–H groups in total. The van der Waals surface area contributed by atoms with Crippen molar-refractivity contribution < 1.29 is 4.74 Å². The largest absolute Gasteiger partial charge is 0.381 e. The number of ether oxygens (including phenoxy) is 1. The lowest BCUT2D eigenvalue weighted by molar-refractivity contribution is 0.181. The van der Waals surface area contributed by atoms with Crippen LogP contribution in [0.25, 0.3) is 0 Å². The van der Waals surface area contributed by atoms with Crippen LogP contribution in [0.3, 0.4) is 0 Å². The summed E-state index contributed by atoms with van der Waals surface area (Å²) in [5, 5.41) is 3.46. The molecule has 24 heavy (non-hydrogen) atoms. The fraction of sp³-hybridized carbons (Fsp3) is 0.650. The van der Waals surface area contributed by atoms with Crippen LogP contribution in [0.4, 0.5) is 0 Å². The Hall–Kier alpha value is -1.55. The number of hydrogen-bond donors (Lipinski definition) is 1. The normalized spacial score (nSPS) is 22.9. The van der Waals surface area contributed by atoms with Crippen molar-refractivity contribution >= 4 is 5.96 Å². The smallest absolute Gasteiger partial charge is 0.193 e. The highest BCUT2D eigenvalue weighted by molar-refractivity contribution is 5.79. The summed E-state index contributed by atoms with van der Waals surface area (Å²) in [6.45, 7) is 6.73. The first-order chi connectivity index (χ1) is 11.7. The number of hydrogen-bond acceptors (Lipinski definition) is 2. The Morgan fingerprint density at radius 2 is 2.12 bits per heavy atom. The van der Waals surface area contributed by atoms with Crippen molar-refractivity contribution in [2.45, 2.75) is 38.0 Å². The maximum Gasteiger partial charge on any atom is 0.193 e. The molecule has 0 radical (unpaired) electrons. The van der Waals surface area contributed by atoms with Crippen molar-refractivity contribution in [2.24, 2.45) is 10.9 Å². The van der Waals surface area contributed by atoms with Gasteiger partial charge in [0.1, 0.15) is 0 Å². The van der Waals surface area contributed by atoms with E-state index >= 15 is 0 Å². The SMILES string of the molecule is CCNC(=NCC1(c2ccccc2)CCC1)N(C)CC1CCOC1. The van der Waals surface area contributed by atoms with E-state index < -0.39 is 0 Å². The average Bonchev–Trinajstić information content (AvgIpc) is 3.06. The molecule has 1 atom stereocenters. The van der Waals surface area contributed by atoms with Crippen LogP contribution in [0.2, 0.25) is 0 Å². The van der Waals surface area contributed by atoms with E-state index in [1.807, 2.05) is 0 Å². The Morgan fingerprint density at radius 3 is 2.71 bits per heavy atom. The summed E-state index contributed by atoms with van der Waals surface area (Å²) in [7, 11) is 2.15. The van der Waals surface area contributed by atoms with E-state index in [1.165, 1.54) is 24.8 Å². The Kier molecular flexibility index (Phi) is 5.77. The lowest BCUT2D eigenvalue weighted by Crippen LogP contribution is -2.44. The molecule has 1 aliphatic heterocycles. The Bertz CT molecular complexity index is 533. The van der Waals surface area contributed by atoms with E-state index in [9.17, 15) is 0 Å². The summed E-state index contributed by atoms with van der Waals surface area (Å²) in [6.07, 6.45) is 4.98. The van der Waals surface area contributed by atoms with Gasteiger partial charge in [-0.05, 0) is 31.7 Å². The minimum atomic E-state index is 0.249. The van der Waals surface area contributed by atoms with Gasteiger partial charge in [-0.3, -0.25) is 4.99 Å². The first-order valence-corrected chi connectivity index (χ1v) is 9.36. The molecule has 1 aliphatic carbocycles. The molecule has 1 aromatic carbocycles. The van der Waals surface area contributed by atoms with E-state index in [4.69, 9.17) is 9.73 Å². The molecule has 0 bridgehead atoms. The van der Waals surface area contributed by atoms with Gasteiger partial charge < -0.3 is 15.0 Å². The molecule has 3 rings (SSSR count). The van der Waals surface area contributed by atoms with Gasteiger partial charge in [-0.1, -0.05) is 36.8 Å². The summed E-state index contributed by atoms with van der Waals surface area (Å²) < 4.78 is 5.51. The second-order valence-electron chi connectivity index (χ2n) is 7.28. The molecule has 0 spiro atoms. The number of nitrogens with one attached hydrogen (secondary N) is 1. The maximum absolute atomic E-state index is 5.51. The van der Waals surface area contributed by atoms with Gasteiger partial charge in [0, 0.05) is 38.1 Å². The molecule has 0 amide bonds. The molecule has 1 unspecified atom stereocenters. The van der Waals surface area contributed by atoms with Crippen LogP contribution in [0.1, 0.15) is 38.2 Å². The minimum Gasteiger partial charge on any atom is -0.381 e. The molecule has 0 aromatic heterocycles. The molecule has 2 aliphatic rings. The van der Waals surface area contributed by atoms with Gasteiger partial charge in [0.25, 0.3) is 0 Å². The van der Waals surface area contributed by atoms with Crippen LogP contribution in [-0.2, 0) is 10.2 Å². The predicted molar refractivity (Wildman–Crippen MR) is 99.5 cm³/mol. The fourth-order valence-corrected chi connectivity index (χ4v) is 3.83.